The molecule has 0 heterocycles. The molecule has 0 bridgehead atoms. The Hall–Kier alpha value is -1.48. The van der Waals surface area contributed by atoms with Crippen molar-refractivity contribution in [2.45, 2.75) is 43.3 Å². The summed E-state index contributed by atoms with van der Waals surface area (Å²) in [5.41, 5.74) is 1.25. The number of allylic oxidation sites excluding steroid dienone is 2. The Morgan fingerprint density at radius 3 is 2.62 bits per heavy atom. The molecule has 2 rings (SSSR count). The lowest BCUT2D eigenvalue weighted by Gasteiger charge is -2.44. The Labute approximate surface area is 150 Å². The zero-order valence-electron chi connectivity index (χ0n) is 15.0. The van der Waals surface area contributed by atoms with Crippen LogP contribution in [0.25, 0.3) is 0 Å². The van der Waals surface area contributed by atoms with Crippen LogP contribution in [0.4, 0.5) is 0 Å². The summed E-state index contributed by atoms with van der Waals surface area (Å²) in [6.45, 7) is 12.6. The van der Waals surface area contributed by atoms with Gasteiger partial charge in [-0.2, -0.15) is 0 Å². The average molecular weight is 345 g/mol. The van der Waals surface area contributed by atoms with E-state index in [1.54, 1.807) is 11.8 Å². The molecule has 1 unspecified atom stereocenters. The Balaban J connectivity index is 2.22. The summed E-state index contributed by atoms with van der Waals surface area (Å²) >= 11 is 1.62. The summed E-state index contributed by atoms with van der Waals surface area (Å²) in [4.78, 5) is 13.5. The maximum Gasteiger partial charge on any atom is 0.319 e. The summed E-state index contributed by atoms with van der Waals surface area (Å²) in [5.74, 6) is 0.520. The lowest BCUT2D eigenvalue weighted by Crippen LogP contribution is -2.39. The van der Waals surface area contributed by atoms with Gasteiger partial charge in [0.25, 0.3) is 0 Å². The van der Waals surface area contributed by atoms with Gasteiger partial charge >= 0.3 is 5.97 Å². The van der Waals surface area contributed by atoms with Crippen molar-refractivity contribution in [3.05, 3.63) is 55.1 Å². The zero-order chi connectivity index (χ0) is 17.7. The predicted molar refractivity (Wildman–Crippen MR) is 102 cm³/mol. The fraction of sp³-hybridized carbons (Fsp3) is 0.476. The predicted octanol–water partition coefficient (Wildman–Crippen LogP) is 5.51. The molecule has 1 fully saturated rings. The van der Waals surface area contributed by atoms with Gasteiger partial charge < -0.3 is 4.74 Å². The first kappa shape index (κ1) is 18.9. The van der Waals surface area contributed by atoms with Crippen LogP contribution in [0.3, 0.4) is 0 Å². The summed E-state index contributed by atoms with van der Waals surface area (Å²) in [5, 5.41) is -0.173. The topological polar surface area (TPSA) is 26.3 Å². The summed E-state index contributed by atoms with van der Waals surface area (Å²) in [7, 11) is 1.48. The molecular formula is C21H28O2S. The van der Waals surface area contributed by atoms with Gasteiger partial charge in [-0.1, -0.05) is 43.4 Å². The highest BCUT2D eigenvalue weighted by Crippen LogP contribution is 2.50. The van der Waals surface area contributed by atoms with E-state index in [0.29, 0.717) is 5.92 Å². The normalized spacial score (nSPS) is 28.0. The van der Waals surface area contributed by atoms with Crippen molar-refractivity contribution in [1.29, 1.82) is 0 Å². The highest BCUT2D eigenvalue weighted by atomic mass is 32.2. The zero-order valence-corrected chi connectivity index (χ0v) is 15.8. The van der Waals surface area contributed by atoms with Gasteiger partial charge in [0.15, 0.2) is 0 Å². The van der Waals surface area contributed by atoms with Crippen LogP contribution in [0.5, 0.6) is 0 Å². The average Bonchev–Trinajstić information content (AvgIpc) is 2.60. The van der Waals surface area contributed by atoms with Gasteiger partial charge in [-0.05, 0) is 55.6 Å². The van der Waals surface area contributed by atoms with Crippen LogP contribution in [-0.2, 0) is 9.53 Å². The van der Waals surface area contributed by atoms with Crippen molar-refractivity contribution >= 4 is 17.7 Å². The second-order valence-corrected chi connectivity index (χ2v) is 8.23. The van der Waals surface area contributed by atoms with Crippen LogP contribution in [0.1, 0.15) is 33.1 Å². The van der Waals surface area contributed by atoms with Crippen molar-refractivity contribution in [1.82, 2.24) is 0 Å². The second kappa shape index (κ2) is 8.06. The first-order chi connectivity index (χ1) is 11.4. The van der Waals surface area contributed by atoms with Gasteiger partial charge in [0, 0.05) is 4.90 Å². The molecule has 0 aliphatic heterocycles. The van der Waals surface area contributed by atoms with E-state index in [1.165, 1.54) is 12.7 Å². The van der Waals surface area contributed by atoms with Crippen molar-refractivity contribution in [2.24, 2.45) is 17.3 Å². The second-order valence-electron chi connectivity index (χ2n) is 7.02. The van der Waals surface area contributed by atoms with Crippen LogP contribution in [-0.4, -0.2) is 18.3 Å². The van der Waals surface area contributed by atoms with Crippen molar-refractivity contribution in [2.75, 3.05) is 7.11 Å². The molecule has 0 saturated heterocycles. The summed E-state index contributed by atoms with van der Waals surface area (Å²) in [6, 6.07) is 10.1. The Morgan fingerprint density at radius 2 is 2.08 bits per heavy atom. The van der Waals surface area contributed by atoms with Crippen molar-refractivity contribution in [3.8, 4) is 0 Å². The highest BCUT2D eigenvalue weighted by Gasteiger charge is 2.42. The molecule has 1 aliphatic carbocycles. The summed E-state index contributed by atoms with van der Waals surface area (Å²) < 4.78 is 5.11. The first-order valence-electron chi connectivity index (χ1n) is 8.50. The fourth-order valence-electron chi connectivity index (χ4n) is 3.74. The largest absolute Gasteiger partial charge is 0.468 e. The minimum Gasteiger partial charge on any atom is -0.468 e. The van der Waals surface area contributed by atoms with Gasteiger partial charge in [-0.15, -0.1) is 18.3 Å². The lowest BCUT2D eigenvalue weighted by atomic mass is 9.62. The molecule has 0 N–H and O–H groups in total. The van der Waals surface area contributed by atoms with E-state index >= 15 is 0 Å². The number of carbonyl (C=O) groups excluding carboxylic acids is 1. The third-order valence-corrected chi connectivity index (χ3v) is 6.69. The molecule has 2 nitrogen and oxygen atoms in total. The quantitative estimate of drug-likeness (QED) is 0.387. The number of benzene rings is 1. The fourth-order valence-corrected chi connectivity index (χ4v) is 4.98. The SMILES string of the molecule is C=C[C@@]1(C)CC[C@H](C(Sc2ccccc2)C(=O)OC)C[C@@H]1C(=C)C. The standard InChI is InChI=1S/C21H28O2S/c1-6-21(4)13-12-16(14-18(21)15(2)3)19(20(22)23-5)24-17-10-8-7-9-11-17/h6-11,16,18-19H,1-2,12-14H2,3-5H3/t16-,18+,19?,21-/m0/s1. The molecule has 1 aromatic rings. The monoisotopic (exact) mass is 344 g/mol. The van der Waals surface area contributed by atoms with E-state index in [1.807, 2.05) is 30.3 Å². The molecule has 3 heteroatoms. The summed E-state index contributed by atoms with van der Waals surface area (Å²) in [6.07, 6.45) is 5.06. The minimum absolute atomic E-state index is 0.0699. The van der Waals surface area contributed by atoms with Crippen LogP contribution in [0.2, 0.25) is 0 Å². The molecule has 0 aromatic heterocycles. The molecule has 1 aliphatic rings. The smallest absolute Gasteiger partial charge is 0.319 e. The molecule has 4 atom stereocenters. The van der Waals surface area contributed by atoms with Crippen molar-refractivity contribution < 1.29 is 9.53 Å². The molecule has 0 radical (unpaired) electrons. The van der Waals surface area contributed by atoms with Crippen LogP contribution in [0.15, 0.2) is 60.0 Å². The maximum atomic E-state index is 12.4. The van der Waals surface area contributed by atoms with Gasteiger partial charge in [0.05, 0.1) is 7.11 Å². The van der Waals surface area contributed by atoms with Crippen molar-refractivity contribution in [3.63, 3.8) is 0 Å². The van der Waals surface area contributed by atoms with E-state index in [2.05, 4.69) is 33.1 Å². The number of esters is 1. The Bertz CT molecular complexity index is 595. The number of hydrogen-bond acceptors (Lipinski definition) is 3. The number of rotatable bonds is 6. The maximum absolute atomic E-state index is 12.4. The van der Waals surface area contributed by atoms with Crippen LogP contribution >= 0.6 is 11.8 Å². The van der Waals surface area contributed by atoms with Crippen LogP contribution < -0.4 is 0 Å². The molecule has 0 spiro atoms. The molecular weight excluding hydrogens is 316 g/mol. The Morgan fingerprint density at radius 1 is 1.42 bits per heavy atom. The van der Waals surface area contributed by atoms with E-state index in [-0.39, 0.29) is 22.6 Å². The lowest BCUT2D eigenvalue weighted by molar-refractivity contribution is -0.141. The number of ether oxygens (including phenoxy) is 1. The third kappa shape index (κ3) is 4.13. The number of methoxy groups -OCH3 is 1. The van der Waals surface area contributed by atoms with E-state index in [9.17, 15) is 4.79 Å². The van der Waals surface area contributed by atoms with Gasteiger partial charge in [0.2, 0.25) is 0 Å². The van der Waals surface area contributed by atoms with Gasteiger partial charge in [-0.3, -0.25) is 4.79 Å². The third-order valence-electron chi connectivity index (χ3n) is 5.32. The van der Waals surface area contributed by atoms with E-state index < -0.39 is 0 Å². The van der Waals surface area contributed by atoms with Gasteiger partial charge in [0.1, 0.15) is 5.25 Å². The number of thioether (sulfide) groups is 1. The van der Waals surface area contributed by atoms with Crippen LogP contribution in [0, 0.1) is 17.3 Å². The number of carbonyl (C=O) groups is 1. The highest BCUT2D eigenvalue weighted by molar-refractivity contribution is 8.00. The first-order valence-corrected chi connectivity index (χ1v) is 9.37. The molecule has 130 valence electrons. The molecule has 24 heavy (non-hydrogen) atoms. The minimum atomic E-state index is -0.173. The molecule has 0 amide bonds. The molecule has 1 aromatic carbocycles. The van der Waals surface area contributed by atoms with Gasteiger partial charge in [-0.25, -0.2) is 0 Å². The molecule has 1 saturated carbocycles. The van der Waals surface area contributed by atoms with E-state index in [4.69, 9.17) is 4.74 Å². The van der Waals surface area contributed by atoms with E-state index in [0.717, 1.165) is 24.2 Å². The number of hydrogen-bond donors (Lipinski definition) is 0. The Kier molecular flexibility index (Phi) is 6.34.